The van der Waals surface area contributed by atoms with Crippen LogP contribution in [-0.4, -0.2) is 32.3 Å². The number of anilines is 1. The summed E-state index contributed by atoms with van der Waals surface area (Å²) in [6.07, 6.45) is 2.35. The molecule has 0 atom stereocenters. The van der Waals surface area contributed by atoms with Crippen LogP contribution in [-0.2, 0) is 13.6 Å². The number of benzene rings is 1. The van der Waals surface area contributed by atoms with Gasteiger partial charge in [0.1, 0.15) is 0 Å². The molecule has 1 aromatic carbocycles. The van der Waals surface area contributed by atoms with Crippen LogP contribution >= 0.6 is 0 Å². The van der Waals surface area contributed by atoms with Crippen molar-refractivity contribution in [2.75, 3.05) is 12.4 Å². The lowest BCUT2D eigenvalue weighted by Crippen LogP contribution is -2.17. The molecule has 3 aromatic rings. The number of carbonyl (C=O) groups is 1. The Labute approximate surface area is 143 Å². The fourth-order valence-corrected chi connectivity index (χ4v) is 2.94. The van der Waals surface area contributed by atoms with Gasteiger partial charge in [0.15, 0.2) is 5.82 Å². The summed E-state index contributed by atoms with van der Waals surface area (Å²) in [5.41, 5.74) is 1.82. The fourth-order valence-electron chi connectivity index (χ4n) is 2.94. The van der Waals surface area contributed by atoms with Crippen molar-refractivity contribution in [2.45, 2.75) is 19.4 Å². The number of aromatic amines is 1. The number of hydrogen-bond donors (Lipinski definition) is 2. The van der Waals surface area contributed by atoms with Crippen molar-refractivity contribution in [1.82, 2.24) is 19.3 Å². The zero-order valence-electron chi connectivity index (χ0n) is 14.1. The SMILES string of the molecule is COc1cc(NC(=O)c2ccc3c(c2)[nH]c(=O)n3CC2CC2)nn1C. The Balaban J connectivity index is 1.60. The largest absolute Gasteiger partial charge is 0.481 e. The average molecular weight is 341 g/mol. The predicted molar refractivity (Wildman–Crippen MR) is 93.0 cm³/mol. The first kappa shape index (κ1) is 15.5. The van der Waals surface area contributed by atoms with Crippen LogP contribution in [0.4, 0.5) is 5.82 Å². The summed E-state index contributed by atoms with van der Waals surface area (Å²) in [4.78, 5) is 27.4. The number of fused-ring (bicyclic) bond motifs is 1. The van der Waals surface area contributed by atoms with E-state index in [2.05, 4.69) is 15.4 Å². The van der Waals surface area contributed by atoms with Gasteiger partial charge in [0, 0.05) is 25.2 Å². The Hall–Kier alpha value is -3.03. The number of ether oxygens (including phenoxy) is 1. The molecule has 2 aromatic heterocycles. The Morgan fingerprint density at radius 2 is 2.20 bits per heavy atom. The number of nitrogens with zero attached hydrogens (tertiary/aromatic N) is 3. The number of rotatable bonds is 5. The molecule has 1 fully saturated rings. The van der Waals surface area contributed by atoms with Crippen LogP contribution in [0.3, 0.4) is 0 Å². The molecular formula is C17H19N5O3. The molecule has 8 nitrogen and oxygen atoms in total. The van der Waals surface area contributed by atoms with Crippen LogP contribution in [0, 0.1) is 5.92 Å². The van der Waals surface area contributed by atoms with Crippen LogP contribution in [0.5, 0.6) is 5.88 Å². The second kappa shape index (κ2) is 5.80. The van der Waals surface area contributed by atoms with Gasteiger partial charge in [0.2, 0.25) is 5.88 Å². The molecule has 2 N–H and O–H groups in total. The van der Waals surface area contributed by atoms with Crippen molar-refractivity contribution in [1.29, 1.82) is 0 Å². The van der Waals surface area contributed by atoms with E-state index < -0.39 is 0 Å². The van der Waals surface area contributed by atoms with Crippen LogP contribution in [0.2, 0.25) is 0 Å². The molecule has 0 aliphatic heterocycles. The standard InChI is InChI=1S/C17H19N5O3/c1-21-15(25-2)8-14(20-21)19-16(23)11-5-6-13-12(7-11)18-17(24)22(13)9-10-3-4-10/h5-8,10H,3-4,9H2,1-2H3,(H,18,24)(H,19,20,23). The van der Waals surface area contributed by atoms with Crippen molar-refractivity contribution in [3.63, 3.8) is 0 Å². The first-order valence-corrected chi connectivity index (χ1v) is 8.17. The van der Waals surface area contributed by atoms with Gasteiger partial charge in [0.05, 0.1) is 18.1 Å². The third-order valence-corrected chi connectivity index (χ3v) is 4.46. The molecule has 130 valence electrons. The number of amides is 1. The Kier molecular flexibility index (Phi) is 3.60. The molecule has 0 bridgehead atoms. The lowest BCUT2D eigenvalue weighted by molar-refractivity contribution is 0.102. The Morgan fingerprint density at radius 1 is 1.40 bits per heavy atom. The highest BCUT2D eigenvalue weighted by atomic mass is 16.5. The predicted octanol–water partition coefficient (Wildman–Crippen LogP) is 1.73. The number of hydrogen-bond acceptors (Lipinski definition) is 4. The molecule has 1 saturated carbocycles. The first-order chi connectivity index (χ1) is 12.0. The highest BCUT2D eigenvalue weighted by Gasteiger charge is 2.23. The van der Waals surface area contributed by atoms with Crippen molar-refractivity contribution in [3.8, 4) is 5.88 Å². The zero-order chi connectivity index (χ0) is 17.6. The van der Waals surface area contributed by atoms with Crippen LogP contribution in [0.1, 0.15) is 23.2 Å². The van der Waals surface area contributed by atoms with Gasteiger partial charge in [-0.2, -0.15) is 5.10 Å². The second-order valence-electron chi connectivity index (χ2n) is 6.37. The number of aryl methyl sites for hydroxylation is 1. The third kappa shape index (κ3) is 2.90. The van der Waals surface area contributed by atoms with Gasteiger partial charge in [-0.05, 0) is 37.0 Å². The highest BCUT2D eigenvalue weighted by molar-refractivity contribution is 6.05. The Bertz CT molecular complexity index is 1010. The molecular weight excluding hydrogens is 322 g/mol. The summed E-state index contributed by atoms with van der Waals surface area (Å²) in [6, 6.07) is 6.86. The van der Waals surface area contributed by atoms with Gasteiger partial charge in [-0.25, -0.2) is 9.48 Å². The Morgan fingerprint density at radius 3 is 2.88 bits per heavy atom. The first-order valence-electron chi connectivity index (χ1n) is 8.17. The van der Waals surface area contributed by atoms with Crippen LogP contribution in [0.25, 0.3) is 11.0 Å². The molecule has 2 heterocycles. The van der Waals surface area contributed by atoms with Crippen LogP contribution in [0.15, 0.2) is 29.1 Å². The minimum absolute atomic E-state index is 0.131. The van der Waals surface area contributed by atoms with E-state index in [1.165, 1.54) is 17.5 Å². The van der Waals surface area contributed by atoms with Gasteiger partial charge < -0.3 is 15.0 Å². The highest BCUT2D eigenvalue weighted by Crippen LogP contribution is 2.31. The molecule has 0 radical (unpaired) electrons. The minimum atomic E-state index is -0.293. The molecule has 0 spiro atoms. The van der Waals surface area contributed by atoms with E-state index in [0.717, 1.165) is 12.1 Å². The number of aromatic nitrogens is 4. The molecule has 1 aliphatic rings. The molecule has 1 amide bonds. The maximum Gasteiger partial charge on any atom is 0.326 e. The fraction of sp³-hybridized carbons (Fsp3) is 0.353. The van der Waals surface area contributed by atoms with Gasteiger partial charge in [-0.15, -0.1) is 0 Å². The average Bonchev–Trinajstić information content (AvgIpc) is 3.26. The van der Waals surface area contributed by atoms with Crippen molar-refractivity contribution in [2.24, 2.45) is 13.0 Å². The van der Waals surface area contributed by atoms with Crippen LogP contribution < -0.4 is 15.7 Å². The summed E-state index contributed by atoms with van der Waals surface area (Å²) in [5, 5.41) is 6.90. The van der Waals surface area contributed by atoms with E-state index in [0.29, 0.717) is 28.7 Å². The van der Waals surface area contributed by atoms with E-state index in [9.17, 15) is 9.59 Å². The van der Waals surface area contributed by atoms with E-state index in [1.54, 1.807) is 36.9 Å². The number of carbonyl (C=O) groups excluding carboxylic acids is 1. The third-order valence-electron chi connectivity index (χ3n) is 4.46. The zero-order valence-corrected chi connectivity index (χ0v) is 14.1. The maximum atomic E-state index is 12.4. The summed E-state index contributed by atoms with van der Waals surface area (Å²) in [5.74, 6) is 1.26. The smallest absolute Gasteiger partial charge is 0.326 e. The number of methoxy groups -OCH3 is 1. The van der Waals surface area contributed by atoms with E-state index in [-0.39, 0.29) is 11.6 Å². The molecule has 4 rings (SSSR count). The summed E-state index contributed by atoms with van der Waals surface area (Å²) in [7, 11) is 3.27. The quantitative estimate of drug-likeness (QED) is 0.739. The molecule has 8 heteroatoms. The molecule has 1 aliphatic carbocycles. The summed E-state index contributed by atoms with van der Waals surface area (Å²) in [6.45, 7) is 0.734. The lowest BCUT2D eigenvalue weighted by Gasteiger charge is -2.04. The van der Waals surface area contributed by atoms with Gasteiger partial charge in [-0.3, -0.25) is 9.36 Å². The van der Waals surface area contributed by atoms with Crippen molar-refractivity contribution < 1.29 is 9.53 Å². The normalized spacial score (nSPS) is 14.0. The van der Waals surface area contributed by atoms with Gasteiger partial charge >= 0.3 is 5.69 Å². The number of imidazole rings is 1. The lowest BCUT2D eigenvalue weighted by atomic mass is 10.2. The number of H-pyrrole nitrogens is 1. The summed E-state index contributed by atoms with van der Waals surface area (Å²) >= 11 is 0. The van der Waals surface area contributed by atoms with Crippen molar-refractivity contribution in [3.05, 3.63) is 40.3 Å². The summed E-state index contributed by atoms with van der Waals surface area (Å²) < 4.78 is 8.41. The van der Waals surface area contributed by atoms with Gasteiger partial charge in [0.25, 0.3) is 5.91 Å². The molecule has 0 saturated heterocycles. The monoisotopic (exact) mass is 341 g/mol. The van der Waals surface area contributed by atoms with Gasteiger partial charge in [-0.1, -0.05) is 0 Å². The molecule has 25 heavy (non-hydrogen) atoms. The molecule has 0 unspecified atom stereocenters. The van der Waals surface area contributed by atoms with E-state index in [1.807, 2.05) is 6.07 Å². The van der Waals surface area contributed by atoms with E-state index >= 15 is 0 Å². The second-order valence-corrected chi connectivity index (χ2v) is 6.37. The van der Waals surface area contributed by atoms with E-state index in [4.69, 9.17) is 4.74 Å². The topological polar surface area (TPSA) is 93.9 Å². The number of nitrogens with one attached hydrogen (secondary N) is 2. The minimum Gasteiger partial charge on any atom is -0.481 e. The van der Waals surface area contributed by atoms with Crippen molar-refractivity contribution >= 4 is 22.8 Å². The maximum absolute atomic E-state index is 12.4.